The molecule has 0 N–H and O–H groups in total. The van der Waals surface area contributed by atoms with Crippen molar-refractivity contribution in [1.82, 2.24) is 4.90 Å². The Bertz CT molecular complexity index is 2110. The van der Waals surface area contributed by atoms with E-state index in [0.717, 1.165) is 71.7 Å². The minimum absolute atomic E-state index is 0.0267. The summed E-state index contributed by atoms with van der Waals surface area (Å²) >= 11 is 1.60. The average molecular weight is 730 g/mol. The van der Waals surface area contributed by atoms with E-state index in [0.29, 0.717) is 5.75 Å². The molecule has 0 bridgehead atoms. The Morgan fingerprint density at radius 3 is 1.65 bits per heavy atom. The van der Waals surface area contributed by atoms with Gasteiger partial charge < -0.3 is 9.47 Å². The van der Waals surface area contributed by atoms with Gasteiger partial charge in [0.1, 0.15) is 12.4 Å². The van der Waals surface area contributed by atoms with Crippen LogP contribution in [0.25, 0.3) is 11.1 Å². The number of benzene rings is 6. The van der Waals surface area contributed by atoms with Crippen molar-refractivity contribution in [2.24, 2.45) is 0 Å². The minimum atomic E-state index is -0.723. The van der Waals surface area contributed by atoms with Crippen LogP contribution in [-0.2, 0) is 17.8 Å². The van der Waals surface area contributed by atoms with Crippen molar-refractivity contribution in [3.05, 3.63) is 186 Å². The first-order valence-corrected chi connectivity index (χ1v) is 19.7. The SMILES string of the molecule is O=C(OCC1c2ccccc2-c2ccccc21)Oc1ccc(Sc2ccc(C(=O)C3(N(Cc4ccccc4)Cc4ccccc4)CCCCC3)cc2)cc1. The van der Waals surface area contributed by atoms with Gasteiger partial charge in [-0.1, -0.05) is 152 Å². The molecule has 5 nitrogen and oxygen atoms in total. The molecule has 8 rings (SSSR count). The van der Waals surface area contributed by atoms with E-state index >= 15 is 0 Å². The number of hydrogen-bond acceptors (Lipinski definition) is 6. The van der Waals surface area contributed by atoms with Crippen molar-refractivity contribution in [3.8, 4) is 16.9 Å². The molecule has 6 aromatic carbocycles. The third-order valence-corrected chi connectivity index (χ3v) is 11.9. The molecule has 0 aromatic heterocycles. The summed E-state index contributed by atoms with van der Waals surface area (Å²) in [6.07, 6.45) is 4.23. The zero-order valence-electron chi connectivity index (χ0n) is 30.2. The molecule has 0 amide bonds. The Morgan fingerprint density at radius 2 is 1.09 bits per heavy atom. The molecule has 1 fully saturated rings. The number of hydrogen-bond donors (Lipinski definition) is 0. The van der Waals surface area contributed by atoms with E-state index in [2.05, 4.69) is 77.7 Å². The number of ketones is 1. The fourth-order valence-electron chi connectivity index (χ4n) is 8.16. The summed E-state index contributed by atoms with van der Waals surface area (Å²) in [6, 6.07) is 53.0. The van der Waals surface area contributed by atoms with Gasteiger partial charge >= 0.3 is 6.16 Å². The lowest BCUT2D eigenvalue weighted by atomic mass is 9.74. The lowest BCUT2D eigenvalue weighted by Gasteiger charge is -2.45. The molecule has 0 aliphatic heterocycles. The number of rotatable bonds is 12. The molecule has 0 heterocycles. The Kier molecular flexibility index (Phi) is 10.7. The maximum Gasteiger partial charge on any atom is 0.513 e. The first-order valence-electron chi connectivity index (χ1n) is 18.8. The molecule has 2 aliphatic carbocycles. The lowest BCUT2D eigenvalue weighted by Crippen LogP contribution is -2.55. The summed E-state index contributed by atoms with van der Waals surface area (Å²) < 4.78 is 11.2. The number of nitrogens with zero attached hydrogens (tertiary/aromatic N) is 1. The second-order valence-electron chi connectivity index (χ2n) is 14.2. The summed E-state index contributed by atoms with van der Waals surface area (Å²) in [5.74, 6) is 0.604. The highest BCUT2D eigenvalue weighted by atomic mass is 32.2. The molecule has 6 heteroatoms. The van der Waals surface area contributed by atoms with E-state index in [-0.39, 0.29) is 18.3 Å². The average Bonchev–Trinajstić information content (AvgIpc) is 3.55. The van der Waals surface area contributed by atoms with E-state index < -0.39 is 11.7 Å². The number of fused-ring (bicyclic) bond motifs is 3. The molecule has 54 heavy (non-hydrogen) atoms. The summed E-state index contributed by atoms with van der Waals surface area (Å²) in [4.78, 5) is 31.9. The molecule has 0 atom stereocenters. The molecule has 0 spiro atoms. The van der Waals surface area contributed by atoms with Gasteiger partial charge in [-0.15, -0.1) is 0 Å². The largest absolute Gasteiger partial charge is 0.513 e. The van der Waals surface area contributed by atoms with Crippen molar-refractivity contribution in [1.29, 1.82) is 0 Å². The van der Waals surface area contributed by atoms with Crippen LogP contribution in [0.15, 0.2) is 168 Å². The van der Waals surface area contributed by atoms with Gasteiger partial charge in [-0.25, -0.2) is 4.79 Å². The number of carbonyl (C=O) groups excluding carboxylic acids is 2. The number of carbonyl (C=O) groups is 2. The maximum atomic E-state index is 14.7. The fourth-order valence-corrected chi connectivity index (χ4v) is 8.98. The zero-order chi connectivity index (χ0) is 36.7. The van der Waals surface area contributed by atoms with Crippen molar-refractivity contribution in [2.75, 3.05) is 6.61 Å². The Hall–Kier alpha value is -5.43. The molecule has 1 saturated carbocycles. The Morgan fingerprint density at radius 1 is 0.593 bits per heavy atom. The van der Waals surface area contributed by atoms with E-state index in [4.69, 9.17) is 9.47 Å². The van der Waals surface area contributed by atoms with Crippen LogP contribution in [0, 0.1) is 0 Å². The van der Waals surface area contributed by atoms with E-state index in [1.807, 2.05) is 72.8 Å². The molecule has 0 saturated heterocycles. The van der Waals surface area contributed by atoms with Gasteiger partial charge in [0.2, 0.25) is 0 Å². The molecular formula is C48H43NO4S. The number of ether oxygens (including phenoxy) is 2. The standard InChI is InChI=1S/C48H43NO4S/c50-46(48(30-12-3-13-31-48)49(32-35-14-4-1-5-15-35)33-36-16-6-2-7-17-36)37-22-26-39(27-23-37)54-40-28-24-38(25-29-40)53-47(51)52-34-45-43-20-10-8-18-41(43)42-19-9-11-21-44(42)45/h1-2,4-11,14-29,45H,3,12-13,30-34H2. The highest BCUT2D eigenvalue weighted by Crippen LogP contribution is 2.45. The van der Waals surface area contributed by atoms with Crippen molar-refractivity contribution in [3.63, 3.8) is 0 Å². The normalized spacial score (nSPS) is 14.6. The smallest absolute Gasteiger partial charge is 0.433 e. The van der Waals surface area contributed by atoms with Gasteiger partial charge in [0.25, 0.3) is 0 Å². The van der Waals surface area contributed by atoms with Crippen molar-refractivity contribution >= 4 is 23.7 Å². The predicted molar refractivity (Wildman–Crippen MR) is 215 cm³/mol. The van der Waals surface area contributed by atoms with Gasteiger partial charge in [-0.05, 0) is 82.6 Å². The minimum Gasteiger partial charge on any atom is -0.433 e. The van der Waals surface area contributed by atoms with Gasteiger partial charge in [-0.2, -0.15) is 0 Å². The molecule has 0 unspecified atom stereocenters. The van der Waals surface area contributed by atoms with Crippen LogP contribution in [0.3, 0.4) is 0 Å². The predicted octanol–water partition coefficient (Wildman–Crippen LogP) is 11.8. The molecule has 2 aliphatic rings. The Balaban J connectivity index is 0.914. The quantitative estimate of drug-likeness (QED) is 0.0710. The zero-order valence-corrected chi connectivity index (χ0v) is 31.1. The second-order valence-corrected chi connectivity index (χ2v) is 15.4. The summed E-state index contributed by atoms with van der Waals surface area (Å²) in [6.45, 7) is 1.64. The van der Waals surface area contributed by atoms with E-state index in [1.54, 1.807) is 23.9 Å². The summed E-state index contributed by atoms with van der Waals surface area (Å²) in [7, 11) is 0. The van der Waals surface area contributed by atoms with E-state index in [9.17, 15) is 9.59 Å². The summed E-state index contributed by atoms with van der Waals surface area (Å²) in [5, 5.41) is 0. The maximum absolute atomic E-state index is 14.7. The van der Waals surface area contributed by atoms with Crippen molar-refractivity contribution in [2.45, 2.75) is 66.4 Å². The van der Waals surface area contributed by atoms with Gasteiger partial charge in [0.05, 0.1) is 5.54 Å². The third kappa shape index (κ3) is 7.77. The molecular weight excluding hydrogens is 687 g/mol. The van der Waals surface area contributed by atoms with Gasteiger partial charge in [0, 0.05) is 34.4 Å². The first-order chi connectivity index (χ1) is 26.6. The van der Waals surface area contributed by atoms with Crippen LogP contribution in [0.2, 0.25) is 0 Å². The molecule has 0 radical (unpaired) electrons. The molecule has 6 aromatic rings. The highest BCUT2D eigenvalue weighted by molar-refractivity contribution is 7.99. The molecule has 270 valence electrons. The monoisotopic (exact) mass is 729 g/mol. The second kappa shape index (κ2) is 16.3. The van der Waals surface area contributed by atoms with Gasteiger partial charge in [0.15, 0.2) is 5.78 Å². The Labute approximate surface area is 322 Å². The third-order valence-electron chi connectivity index (χ3n) is 10.8. The van der Waals surface area contributed by atoms with E-state index in [1.165, 1.54) is 22.3 Å². The van der Waals surface area contributed by atoms with Crippen molar-refractivity contribution < 1.29 is 19.1 Å². The highest BCUT2D eigenvalue weighted by Gasteiger charge is 2.44. The van der Waals surface area contributed by atoms with Crippen LogP contribution in [0.1, 0.15) is 70.6 Å². The van der Waals surface area contributed by atoms with Gasteiger partial charge in [-0.3, -0.25) is 9.69 Å². The van der Waals surface area contributed by atoms with Crippen LogP contribution in [0.4, 0.5) is 4.79 Å². The van der Waals surface area contributed by atoms with Crippen LogP contribution >= 0.6 is 11.8 Å². The fraction of sp³-hybridized carbons (Fsp3) is 0.208. The van der Waals surface area contributed by atoms with Crippen LogP contribution in [0.5, 0.6) is 5.75 Å². The number of Topliss-reactive ketones (excluding diaryl/α,β-unsaturated/α-hetero) is 1. The summed E-state index contributed by atoms with van der Waals surface area (Å²) in [5.41, 5.74) is 7.30. The topological polar surface area (TPSA) is 55.8 Å². The lowest BCUT2D eigenvalue weighted by molar-refractivity contribution is 0.0298. The first kappa shape index (κ1) is 35.6. The van der Waals surface area contributed by atoms with Crippen LogP contribution in [-0.4, -0.2) is 29.0 Å². The van der Waals surface area contributed by atoms with Crippen LogP contribution < -0.4 is 4.74 Å².